The van der Waals surface area contributed by atoms with E-state index in [4.69, 9.17) is 19.4 Å². The number of para-hydroxylation sites is 2. The van der Waals surface area contributed by atoms with Crippen LogP contribution in [0.3, 0.4) is 0 Å². The lowest BCUT2D eigenvalue weighted by Gasteiger charge is -2.30. The molecule has 4 aromatic carbocycles. The summed E-state index contributed by atoms with van der Waals surface area (Å²) < 4.78 is 70.7. The number of ether oxygens (including phenoxy) is 2. The van der Waals surface area contributed by atoms with Gasteiger partial charge in [-0.2, -0.15) is 33.3 Å². The molecule has 2 aliphatic rings. The summed E-state index contributed by atoms with van der Waals surface area (Å²) in [4.78, 5) is 27.7. The number of benzene rings is 4. The van der Waals surface area contributed by atoms with Gasteiger partial charge in [0, 0.05) is 54.5 Å². The summed E-state index contributed by atoms with van der Waals surface area (Å²) >= 11 is -2.37. The first-order chi connectivity index (χ1) is 31.5. The first kappa shape index (κ1) is 45.3. The SMILES string of the molecule is CCc1c(Nc2ccccc2)nc(Nc2ccc(CC(C)Cc3ccc(Nc4nc(Nc5ccccc5)nc(N5CCOCC5)n4)cc3S(=O)O)c(S(=O)(=O)O)c2)nc1N1CCOCC1. The van der Waals surface area contributed by atoms with Crippen LogP contribution in [0.15, 0.2) is 107 Å². The maximum Gasteiger partial charge on any atom is 0.294 e. The zero-order chi connectivity index (χ0) is 45.3. The highest BCUT2D eigenvalue weighted by Crippen LogP contribution is 2.33. The van der Waals surface area contributed by atoms with E-state index in [1.165, 1.54) is 6.07 Å². The number of nitrogens with one attached hydrogen (secondary N) is 4. The highest BCUT2D eigenvalue weighted by atomic mass is 32.2. The molecule has 18 nitrogen and oxygen atoms in total. The van der Waals surface area contributed by atoms with Gasteiger partial charge >= 0.3 is 0 Å². The van der Waals surface area contributed by atoms with E-state index in [9.17, 15) is 21.7 Å². The van der Waals surface area contributed by atoms with Crippen LogP contribution in [0.5, 0.6) is 0 Å². The van der Waals surface area contributed by atoms with Crippen molar-refractivity contribution in [2.24, 2.45) is 5.92 Å². The summed E-state index contributed by atoms with van der Waals surface area (Å²) in [5.41, 5.74) is 4.38. The van der Waals surface area contributed by atoms with Crippen LogP contribution in [-0.4, -0.2) is 99.3 Å². The van der Waals surface area contributed by atoms with Crippen LogP contribution >= 0.6 is 0 Å². The maximum atomic E-state index is 12.9. The Morgan fingerprint density at radius 1 is 0.662 bits per heavy atom. The Morgan fingerprint density at radius 2 is 1.18 bits per heavy atom. The number of nitrogens with zero attached hydrogens (tertiary/aromatic N) is 7. The molecule has 2 aromatic heterocycles. The summed E-state index contributed by atoms with van der Waals surface area (Å²) in [5.74, 6) is 2.38. The summed E-state index contributed by atoms with van der Waals surface area (Å²) in [5, 5.41) is 13.0. The topological polar surface area (TPSA) is 229 Å². The van der Waals surface area contributed by atoms with E-state index in [0.717, 1.165) is 22.8 Å². The van der Waals surface area contributed by atoms with Gasteiger partial charge in [-0.1, -0.05) is 62.4 Å². The zero-order valence-electron chi connectivity index (χ0n) is 36.0. The van der Waals surface area contributed by atoms with Crippen LogP contribution in [0.1, 0.15) is 30.5 Å². The summed E-state index contributed by atoms with van der Waals surface area (Å²) in [7, 11) is -4.68. The molecule has 0 amide bonds. The van der Waals surface area contributed by atoms with Crippen molar-refractivity contribution in [3.63, 3.8) is 0 Å². The predicted molar refractivity (Wildman–Crippen MR) is 252 cm³/mol. The first-order valence-corrected chi connectivity index (χ1v) is 23.9. The molecule has 6 N–H and O–H groups in total. The number of morpholine rings is 2. The third kappa shape index (κ3) is 11.7. The number of hydrogen-bond acceptors (Lipinski definition) is 16. The molecule has 0 bridgehead atoms. The molecule has 0 aliphatic carbocycles. The normalized spacial score (nSPS) is 15.3. The van der Waals surface area contributed by atoms with Crippen molar-refractivity contribution >= 4 is 79.4 Å². The van der Waals surface area contributed by atoms with Crippen LogP contribution in [-0.2, 0) is 49.9 Å². The minimum absolute atomic E-state index is 0.174. The molecule has 2 fully saturated rings. The molecule has 4 heterocycles. The molecule has 2 unspecified atom stereocenters. The molecule has 6 aromatic rings. The lowest BCUT2D eigenvalue weighted by atomic mass is 9.94. The molecule has 65 heavy (non-hydrogen) atoms. The van der Waals surface area contributed by atoms with E-state index < -0.39 is 21.2 Å². The Balaban J connectivity index is 1.01. The Morgan fingerprint density at radius 3 is 1.77 bits per heavy atom. The Bertz CT molecular complexity index is 2730. The minimum atomic E-state index is -4.68. The molecule has 0 radical (unpaired) electrons. The fraction of sp³-hybridized carbons (Fsp3) is 0.311. The number of rotatable bonds is 17. The van der Waals surface area contributed by atoms with Crippen molar-refractivity contribution in [1.82, 2.24) is 24.9 Å². The van der Waals surface area contributed by atoms with Gasteiger partial charge in [0.1, 0.15) is 11.6 Å². The van der Waals surface area contributed by atoms with Crippen LogP contribution in [0, 0.1) is 5.92 Å². The summed E-state index contributed by atoms with van der Waals surface area (Å²) in [6.45, 7) is 8.66. The molecular weight excluding hydrogens is 871 g/mol. The molecule has 0 spiro atoms. The second-order valence-electron chi connectivity index (χ2n) is 15.6. The Kier molecular flexibility index (Phi) is 14.4. The Labute approximate surface area is 380 Å². The lowest BCUT2D eigenvalue weighted by Crippen LogP contribution is -2.37. The lowest BCUT2D eigenvalue weighted by molar-refractivity contribution is 0.122. The van der Waals surface area contributed by atoms with Crippen molar-refractivity contribution in [3.05, 3.63) is 114 Å². The smallest absolute Gasteiger partial charge is 0.294 e. The number of aromatic nitrogens is 5. The van der Waals surface area contributed by atoms with Gasteiger partial charge in [0.2, 0.25) is 23.8 Å². The average molecular weight is 922 g/mol. The third-order valence-electron chi connectivity index (χ3n) is 10.9. The van der Waals surface area contributed by atoms with Crippen molar-refractivity contribution < 1.29 is 31.2 Å². The van der Waals surface area contributed by atoms with Crippen LogP contribution in [0.25, 0.3) is 0 Å². The molecule has 2 atom stereocenters. The highest BCUT2D eigenvalue weighted by molar-refractivity contribution is 7.85. The van der Waals surface area contributed by atoms with E-state index in [1.54, 1.807) is 30.3 Å². The second kappa shape index (κ2) is 20.7. The molecular formula is C45H51N11O7S2. The van der Waals surface area contributed by atoms with Gasteiger partial charge in [-0.25, -0.2) is 4.21 Å². The van der Waals surface area contributed by atoms with Gasteiger partial charge in [-0.15, -0.1) is 0 Å². The van der Waals surface area contributed by atoms with Crippen molar-refractivity contribution in [1.29, 1.82) is 0 Å². The van der Waals surface area contributed by atoms with E-state index >= 15 is 0 Å². The minimum Gasteiger partial charge on any atom is -0.378 e. The van der Waals surface area contributed by atoms with E-state index in [0.29, 0.717) is 106 Å². The fourth-order valence-electron chi connectivity index (χ4n) is 7.77. The first-order valence-electron chi connectivity index (χ1n) is 21.3. The van der Waals surface area contributed by atoms with E-state index in [-0.39, 0.29) is 34.0 Å². The average Bonchev–Trinajstić information content (AvgIpc) is 3.30. The molecule has 20 heteroatoms. The van der Waals surface area contributed by atoms with E-state index in [2.05, 4.69) is 41.1 Å². The van der Waals surface area contributed by atoms with Gasteiger partial charge in [0.05, 0.1) is 36.2 Å². The van der Waals surface area contributed by atoms with Crippen LogP contribution in [0.2, 0.25) is 0 Å². The maximum absolute atomic E-state index is 12.9. The summed E-state index contributed by atoms with van der Waals surface area (Å²) in [6, 6.07) is 29.0. The van der Waals surface area contributed by atoms with Crippen molar-refractivity contribution in [2.75, 3.05) is 83.7 Å². The molecule has 0 saturated carbocycles. The highest BCUT2D eigenvalue weighted by Gasteiger charge is 2.24. The number of hydrogen-bond donors (Lipinski definition) is 6. The molecule has 2 aliphatic heterocycles. The van der Waals surface area contributed by atoms with Crippen molar-refractivity contribution in [3.8, 4) is 0 Å². The van der Waals surface area contributed by atoms with Gasteiger partial charge in [-0.3, -0.25) is 4.55 Å². The van der Waals surface area contributed by atoms with E-state index in [1.807, 2.05) is 79.4 Å². The molecule has 8 rings (SSSR count). The fourth-order valence-corrected chi connectivity index (χ4v) is 9.13. The molecule has 2 saturated heterocycles. The quantitative estimate of drug-likeness (QED) is 0.0395. The third-order valence-corrected chi connectivity index (χ3v) is 12.6. The second-order valence-corrected chi connectivity index (χ2v) is 18.0. The Hall–Kier alpha value is -6.29. The molecule has 340 valence electrons. The van der Waals surface area contributed by atoms with Gasteiger partial charge in [0.25, 0.3) is 10.1 Å². The number of anilines is 10. The van der Waals surface area contributed by atoms with Gasteiger partial charge in [-0.05, 0) is 84.8 Å². The standard InChI is InChI=1S/C45H51N11O7S2/c1-3-37-40(46-33-10-6-4-7-11-33)50-42(51-41(37)55-18-22-62-23-19-55)49-36-17-15-32(39(29-36)65(59,60)61)27-30(2)26-31-14-16-35(28-38(31)64(57)58)48-44-52-43(47-34-12-8-5-9-13-34)53-45(54-44)56-20-24-63-25-21-56/h4-17,28-30H,3,18-27H2,1-2H3,(H,57,58)(H,59,60,61)(H2,46,49,50,51)(H2,47,48,52,53,54). The van der Waals surface area contributed by atoms with Crippen LogP contribution in [0.4, 0.5) is 58.2 Å². The van der Waals surface area contributed by atoms with Gasteiger partial charge in [0.15, 0.2) is 11.1 Å². The van der Waals surface area contributed by atoms with Gasteiger partial charge < -0.3 is 45.1 Å². The largest absolute Gasteiger partial charge is 0.378 e. The monoisotopic (exact) mass is 921 g/mol. The van der Waals surface area contributed by atoms with Crippen LogP contribution < -0.4 is 31.1 Å². The zero-order valence-corrected chi connectivity index (χ0v) is 37.6. The van der Waals surface area contributed by atoms with Crippen molar-refractivity contribution in [2.45, 2.75) is 42.9 Å². The predicted octanol–water partition coefficient (Wildman–Crippen LogP) is 7.12. The summed E-state index contributed by atoms with van der Waals surface area (Å²) in [6.07, 6.45) is 1.21.